The summed E-state index contributed by atoms with van der Waals surface area (Å²) in [5.41, 5.74) is 4.58. The van der Waals surface area contributed by atoms with E-state index in [1.165, 1.54) is 5.56 Å². The fraction of sp³-hybridized carbons (Fsp3) is 0.259. The van der Waals surface area contributed by atoms with Crippen LogP contribution < -0.4 is 14.8 Å². The van der Waals surface area contributed by atoms with Crippen molar-refractivity contribution >= 4 is 17.6 Å². The van der Waals surface area contributed by atoms with Crippen LogP contribution in [-0.4, -0.2) is 18.0 Å². The summed E-state index contributed by atoms with van der Waals surface area (Å²) in [7, 11) is 0. The third-order valence-corrected chi connectivity index (χ3v) is 5.16. The lowest BCUT2D eigenvalue weighted by molar-refractivity contribution is -0.141. The van der Waals surface area contributed by atoms with Gasteiger partial charge in [-0.3, -0.25) is 4.79 Å². The van der Waals surface area contributed by atoms with E-state index in [-0.39, 0.29) is 5.91 Å². The molecule has 3 aromatic rings. The van der Waals surface area contributed by atoms with Crippen LogP contribution in [0.1, 0.15) is 53.7 Å². The Morgan fingerprint density at radius 1 is 0.812 bits per heavy atom. The van der Waals surface area contributed by atoms with Crippen molar-refractivity contribution in [3.05, 3.63) is 89.0 Å². The number of hydrogen-bond acceptors (Lipinski definition) is 4. The molecular formula is C27H29NO4. The molecule has 5 nitrogen and oxygen atoms in total. The summed E-state index contributed by atoms with van der Waals surface area (Å²) >= 11 is 0. The van der Waals surface area contributed by atoms with Gasteiger partial charge >= 0.3 is 5.97 Å². The van der Waals surface area contributed by atoms with E-state index in [4.69, 9.17) is 9.47 Å². The van der Waals surface area contributed by atoms with E-state index < -0.39 is 12.1 Å². The molecule has 0 heterocycles. The molecule has 0 radical (unpaired) electrons. The van der Waals surface area contributed by atoms with Crippen LogP contribution >= 0.6 is 0 Å². The number of rotatable bonds is 7. The smallest absolute Gasteiger partial charge is 0.352 e. The summed E-state index contributed by atoms with van der Waals surface area (Å²) in [5, 5.41) is 2.90. The first-order valence-corrected chi connectivity index (χ1v) is 10.7. The average molecular weight is 432 g/mol. The Morgan fingerprint density at radius 3 is 2.03 bits per heavy atom. The molecule has 166 valence electrons. The van der Waals surface area contributed by atoms with Gasteiger partial charge in [0, 0.05) is 11.3 Å². The second kappa shape index (κ2) is 10.1. The average Bonchev–Trinajstić information content (AvgIpc) is 2.76. The molecule has 1 amide bonds. The van der Waals surface area contributed by atoms with Gasteiger partial charge in [0.15, 0.2) is 6.10 Å². The summed E-state index contributed by atoms with van der Waals surface area (Å²) < 4.78 is 11.1. The highest BCUT2D eigenvalue weighted by Gasteiger charge is 2.18. The van der Waals surface area contributed by atoms with Crippen LogP contribution in [0.3, 0.4) is 0 Å². The summed E-state index contributed by atoms with van der Waals surface area (Å²) in [5.74, 6) is 0.653. The fourth-order valence-electron chi connectivity index (χ4n) is 3.21. The number of anilines is 1. The second-order valence-electron chi connectivity index (χ2n) is 8.20. The number of carbonyl (C=O) groups excluding carboxylic acids is 2. The van der Waals surface area contributed by atoms with Crippen LogP contribution in [0.4, 0.5) is 5.69 Å². The van der Waals surface area contributed by atoms with Crippen LogP contribution in [0, 0.1) is 13.8 Å². The Labute approximate surface area is 189 Å². The SMILES string of the molecule is Cc1ccc(NC(=O)c2ccc(OC(=O)C(C)Oc3ccc(C(C)C)cc3)cc2)c(C)c1. The first-order valence-electron chi connectivity index (χ1n) is 10.7. The molecule has 0 aromatic heterocycles. The summed E-state index contributed by atoms with van der Waals surface area (Å²) in [6, 6.07) is 20.0. The van der Waals surface area contributed by atoms with Gasteiger partial charge in [-0.15, -0.1) is 0 Å². The van der Waals surface area contributed by atoms with Crippen molar-refractivity contribution < 1.29 is 19.1 Å². The standard InChI is InChI=1S/C27H29NO4/c1-17(2)21-7-11-23(12-8-21)31-20(5)27(30)32-24-13-9-22(10-14-24)26(29)28-25-15-6-18(3)16-19(25)4/h6-17,20H,1-5H3,(H,28,29). The number of ether oxygens (including phenoxy) is 2. The maximum absolute atomic E-state index is 12.5. The Hall–Kier alpha value is -3.60. The van der Waals surface area contributed by atoms with E-state index in [1.54, 1.807) is 31.2 Å². The third kappa shape index (κ3) is 5.97. The predicted molar refractivity (Wildman–Crippen MR) is 127 cm³/mol. The van der Waals surface area contributed by atoms with Gasteiger partial charge in [-0.05, 0) is 80.3 Å². The zero-order valence-electron chi connectivity index (χ0n) is 19.1. The maximum Gasteiger partial charge on any atom is 0.352 e. The Balaban J connectivity index is 1.57. The molecule has 0 saturated heterocycles. The summed E-state index contributed by atoms with van der Waals surface area (Å²) in [4.78, 5) is 24.9. The van der Waals surface area contributed by atoms with Crippen molar-refractivity contribution in [3.8, 4) is 11.5 Å². The van der Waals surface area contributed by atoms with Crippen molar-refractivity contribution in [2.45, 2.75) is 46.6 Å². The second-order valence-corrected chi connectivity index (χ2v) is 8.20. The molecule has 0 spiro atoms. The third-order valence-electron chi connectivity index (χ3n) is 5.16. The van der Waals surface area contributed by atoms with Crippen molar-refractivity contribution in [1.82, 2.24) is 0 Å². The van der Waals surface area contributed by atoms with Gasteiger partial charge in [0.2, 0.25) is 0 Å². The molecule has 0 saturated carbocycles. The van der Waals surface area contributed by atoms with Gasteiger partial charge in [-0.25, -0.2) is 4.79 Å². The van der Waals surface area contributed by atoms with Crippen molar-refractivity contribution in [2.75, 3.05) is 5.32 Å². The van der Waals surface area contributed by atoms with Crippen LogP contribution in [0.25, 0.3) is 0 Å². The Morgan fingerprint density at radius 2 is 1.44 bits per heavy atom. The zero-order chi connectivity index (χ0) is 23.3. The molecule has 0 bridgehead atoms. The molecule has 3 rings (SSSR count). The largest absolute Gasteiger partial charge is 0.479 e. The van der Waals surface area contributed by atoms with Crippen molar-refractivity contribution in [3.63, 3.8) is 0 Å². The van der Waals surface area contributed by atoms with E-state index in [2.05, 4.69) is 19.2 Å². The van der Waals surface area contributed by atoms with Gasteiger partial charge in [0.25, 0.3) is 5.91 Å². The monoisotopic (exact) mass is 431 g/mol. The molecule has 0 aliphatic rings. The minimum absolute atomic E-state index is 0.226. The zero-order valence-corrected chi connectivity index (χ0v) is 19.1. The van der Waals surface area contributed by atoms with Gasteiger partial charge in [-0.1, -0.05) is 43.7 Å². The number of hydrogen-bond donors (Lipinski definition) is 1. The van der Waals surface area contributed by atoms with Gasteiger partial charge < -0.3 is 14.8 Å². The van der Waals surface area contributed by atoms with Crippen LogP contribution in [0.2, 0.25) is 0 Å². The first kappa shape index (κ1) is 23.1. The molecule has 0 aliphatic carbocycles. The summed E-state index contributed by atoms with van der Waals surface area (Å²) in [6.07, 6.45) is -0.771. The van der Waals surface area contributed by atoms with E-state index in [9.17, 15) is 9.59 Å². The van der Waals surface area contributed by atoms with Crippen molar-refractivity contribution in [2.24, 2.45) is 0 Å². The molecular weight excluding hydrogens is 402 g/mol. The minimum atomic E-state index is -0.771. The predicted octanol–water partition coefficient (Wildman–Crippen LogP) is 6.05. The number of esters is 1. The highest BCUT2D eigenvalue weighted by atomic mass is 16.6. The number of nitrogens with one attached hydrogen (secondary N) is 1. The van der Waals surface area contributed by atoms with E-state index in [1.807, 2.05) is 56.3 Å². The van der Waals surface area contributed by atoms with Crippen molar-refractivity contribution in [1.29, 1.82) is 0 Å². The first-order chi connectivity index (χ1) is 15.2. The normalized spacial score (nSPS) is 11.7. The van der Waals surface area contributed by atoms with Crippen LogP contribution in [-0.2, 0) is 4.79 Å². The molecule has 1 N–H and O–H groups in total. The highest BCUT2D eigenvalue weighted by Crippen LogP contribution is 2.21. The van der Waals surface area contributed by atoms with Gasteiger partial charge in [-0.2, -0.15) is 0 Å². The summed E-state index contributed by atoms with van der Waals surface area (Å²) in [6.45, 7) is 9.84. The molecule has 0 fully saturated rings. The lowest BCUT2D eigenvalue weighted by Gasteiger charge is -2.15. The van der Waals surface area contributed by atoms with E-state index in [0.717, 1.165) is 16.8 Å². The van der Waals surface area contributed by atoms with Gasteiger partial charge in [0.05, 0.1) is 0 Å². The highest BCUT2D eigenvalue weighted by molar-refractivity contribution is 6.04. The lowest BCUT2D eigenvalue weighted by atomic mass is 10.0. The molecule has 5 heteroatoms. The number of aryl methyl sites for hydroxylation is 2. The van der Waals surface area contributed by atoms with E-state index in [0.29, 0.717) is 23.0 Å². The number of carbonyl (C=O) groups is 2. The fourth-order valence-corrected chi connectivity index (χ4v) is 3.21. The molecule has 32 heavy (non-hydrogen) atoms. The number of amides is 1. The molecule has 0 aliphatic heterocycles. The number of benzene rings is 3. The lowest BCUT2D eigenvalue weighted by Crippen LogP contribution is -2.28. The van der Waals surface area contributed by atoms with Gasteiger partial charge in [0.1, 0.15) is 11.5 Å². The molecule has 3 aromatic carbocycles. The topological polar surface area (TPSA) is 64.6 Å². The van der Waals surface area contributed by atoms with E-state index >= 15 is 0 Å². The maximum atomic E-state index is 12.5. The minimum Gasteiger partial charge on any atom is -0.479 e. The Kier molecular flexibility index (Phi) is 7.31. The molecule has 1 atom stereocenters. The van der Waals surface area contributed by atoms with Crippen LogP contribution in [0.5, 0.6) is 11.5 Å². The quantitative estimate of drug-likeness (QED) is 0.365. The molecule has 1 unspecified atom stereocenters. The Bertz CT molecular complexity index is 1090. The van der Waals surface area contributed by atoms with Crippen LogP contribution in [0.15, 0.2) is 66.7 Å².